The van der Waals surface area contributed by atoms with E-state index in [4.69, 9.17) is 9.84 Å². The van der Waals surface area contributed by atoms with Gasteiger partial charge in [-0.25, -0.2) is 0 Å². The van der Waals surface area contributed by atoms with E-state index in [2.05, 4.69) is 26.6 Å². The smallest absolute Gasteiger partial charge is 0.246 e. The fraction of sp³-hybridized carbons (Fsp3) is 0.278. The van der Waals surface area contributed by atoms with Gasteiger partial charge in [0.05, 0.1) is 7.11 Å². The highest BCUT2D eigenvalue weighted by atomic mass is 79.9. The lowest BCUT2D eigenvalue weighted by Crippen LogP contribution is -2.34. The summed E-state index contributed by atoms with van der Waals surface area (Å²) in [6, 6.07) is 14.7. The molecule has 2 aromatic rings. The Balaban J connectivity index is 0.00000139. The second-order valence-electron chi connectivity index (χ2n) is 4.83. The van der Waals surface area contributed by atoms with Gasteiger partial charge in [0.15, 0.2) is 0 Å². The molecule has 1 atom stereocenters. The molecule has 0 saturated heterocycles. The van der Waals surface area contributed by atoms with Crippen molar-refractivity contribution in [3.05, 3.63) is 53.0 Å². The number of methoxy groups -OCH3 is 1. The van der Waals surface area contributed by atoms with Crippen LogP contribution in [0.5, 0.6) is 5.75 Å². The highest BCUT2D eigenvalue weighted by Gasteiger charge is 2.16. The van der Waals surface area contributed by atoms with Gasteiger partial charge in [-0.3, -0.25) is 4.79 Å². The predicted octanol–water partition coefficient (Wildman–Crippen LogP) is 3.90. The third kappa shape index (κ3) is 6.22. The number of aliphatic hydroxyl groups excluding tert-OH is 1. The minimum atomic E-state index is -0.309. The fourth-order valence-corrected chi connectivity index (χ4v) is 2.29. The van der Waals surface area contributed by atoms with E-state index in [1.165, 1.54) is 0 Å². The summed E-state index contributed by atoms with van der Waals surface area (Å²) in [4.78, 5) is 12.4. The molecular formula is C18H23BrN2O3. The molecule has 0 spiro atoms. The molecule has 3 N–H and O–H groups in total. The highest BCUT2D eigenvalue weighted by molar-refractivity contribution is 9.10. The van der Waals surface area contributed by atoms with Crippen molar-refractivity contribution in [2.24, 2.45) is 0 Å². The summed E-state index contributed by atoms with van der Waals surface area (Å²) in [5.74, 6) is 0.695. The first-order valence-corrected chi connectivity index (χ1v) is 8.33. The zero-order valence-corrected chi connectivity index (χ0v) is 15.6. The lowest BCUT2D eigenvalue weighted by Gasteiger charge is -2.18. The van der Waals surface area contributed by atoms with Crippen molar-refractivity contribution in [1.82, 2.24) is 0 Å². The van der Waals surface area contributed by atoms with Gasteiger partial charge in [0.25, 0.3) is 0 Å². The second kappa shape index (κ2) is 10.7. The predicted molar refractivity (Wildman–Crippen MR) is 102 cm³/mol. The summed E-state index contributed by atoms with van der Waals surface area (Å²) >= 11 is 3.38. The molecule has 2 rings (SSSR count). The van der Waals surface area contributed by atoms with Crippen molar-refractivity contribution in [1.29, 1.82) is 0 Å². The standard InChI is InChI=1S/C17H19BrN2O2.CH4O/c1-3-16(19-14-5-4-6-15(11-14)22-2)17(21)20-13-9-7-12(18)8-10-13;1-2/h4-11,16,19H,3H2,1-2H3,(H,20,21);2H,1H3. The first-order chi connectivity index (χ1) is 11.6. The van der Waals surface area contributed by atoms with Gasteiger partial charge in [-0.15, -0.1) is 0 Å². The molecule has 130 valence electrons. The largest absolute Gasteiger partial charge is 0.497 e. The average molecular weight is 395 g/mol. The molecule has 0 radical (unpaired) electrons. The van der Waals surface area contributed by atoms with Crippen LogP contribution in [0.3, 0.4) is 0 Å². The average Bonchev–Trinajstić information content (AvgIpc) is 2.63. The Kier molecular flexibility index (Phi) is 8.89. The Morgan fingerprint density at radius 3 is 2.42 bits per heavy atom. The number of amides is 1. The van der Waals surface area contributed by atoms with E-state index in [0.29, 0.717) is 6.42 Å². The summed E-state index contributed by atoms with van der Waals surface area (Å²) in [7, 11) is 2.62. The van der Waals surface area contributed by atoms with Crippen LogP contribution in [0, 0.1) is 0 Å². The van der Waals surface area contributed by atoms with Crippen molar-refractivity contribution in [3.8, 4) is 5.75 Å². The number of anilines is 2. The number of rotatable bonds is 6. The van der Waals surface area contributed by atoms with Crippen LogP contribution in [0.25, 0.3) is 0 Å². The maximum atomic E-state index is 12.4. The van der Waals surface area contributed by atoms with Crippen LogP contribution >= 0.6 is 15.9 Å². The maximum Gasteiger partial charge on any atom is 0.246 e. The van der Waals surface area contributed by atoms with Gasteiger partial charge in [-0.05, 0) is 42.8 Å². The summed E-state index contributed by atoms with van der Waals surface area (Å²) in [5, 5.41) is 13.1. The van der Waals surface area contributed by atoms with Gasteiger partial charge >= 0.3 is 0 Å². The Hall–Kier alpha value is -2.05. The molecule has 0 aliphatic heterocycles. The molecule has 0 saturated carbocycles. The second-order valence-corrected chi connectivity index (χ2v) is 5.75. The Labute approximate surface area is 151 Å². The molecule has 2 aromatic carbocycles. The summed E-state index contributed by atoms with van der Waals surface area (Å²) in [6.45, 7) is 1.97. The van der Waals surface area contributed by atoms with E-state index in [-0.39, 0.29) is 11.9 Å². The SMILES string of the molecule is CCC(Nc1cccc(OC)c1)C(=O)Nc1ccc(Br)cc1.CO. The van der Waals surface area contributed by atoms with E-state index in [1.807, 2.05) is 55.5 Å². The lowest BCUT2D eigenvalue weighted by molar-refractivity contribution is -0.116. The van der Waals surface area contributed by atoms with Gasteiger partial charge in [0, 0.05) is 29.0 Å². The molecular weight excluding hydrogens is 372 g/mol. The van der Waals surface area contributed by atoms with Gasteiger partial charge in [0.2, 0.25) is 5.91 Å². The number of ether oxygens (including phenoxy) is 1. The van der Waals surface area contributed by atoms with Crippen LogP contribution in [0.1, 0.15) is 13.3 Å². The van der Waals surface area contributed by atoms with Crippen molar-refractivity contribution < 1.29 is 14.6 Å². The highest BCUT2D eigenvalue weighted by Crippen LogP contribution is 2.19. The minimum Gasteiger partial charge on any atom is -0.497 e. The molecule has 0 aliphatic rings. The zero-order valence-electron chi connectivity index (χ0n) is 14.0. The molecule has 5 nitrogen and oxygen atoms in total. The molecule has 1 amide bonds. The van der Waals surface area contributed by atoms with Crippen LogP contribution in [0.4, 0.5) is 11.4 Å². The number of hydrogen-bond donors (Lipinski definition) is 3. The quantitative estimate of drug-likeness (QED) is 0.694. The summed E-state index contributed by atoms with van der Waals surface area (Å²) in [6.07, 6.45) is 0.680. The van der Waals surface area contributed by atoms with Crippen LogP contribution in [0.15, 0.2) is 53.0 Å². The molecule has 0 fully saturated rings. The van der Waals surface area contributed by atoms with E-state index in [1.54, 1.807) is 7.11 Å². The molecule has 0 heterocycles. The number of halogens is 1. The lowest BCUT2D eigenvalue weighted by atomic mass is 10.2. The third-order valence-corrected chi connectivity index (χ3v) is 3.78. The van der Waals surface area contributed by atoms with E-state index < -0.39 is 0 Å². The topological polar surface area (TPSA) is 70.6 Å². The molecule has 24 heavy (non-hydrogen) atoms. The molecule has 6 heteroatoms. The molecule has 0 aliphatic carbocycles. The van der Waals surface area contributed by atoms with E-state index in [0.717, 1.165) is 28.7 Å². The monoisotopic (exact) mass is 394 g/mol. The molecule has 0 bridgehead atoms. The van der Waals surface area contributed by atoms with Crippen LogP contribution in [-0.2, 0) is 4.79 Å². The normalized spacial score (nSPS) is 10.9. The van der Waals surface area contributed by atoms with Crippen molar-refractivity contribution in [3.63, 3.8) is 0 Å². The fourth-order valence-electron chi connectivity index (χ4n) is 2.03. The number of nitrogens with one attached hydrogen (secondary N) is 2. The Morgan fingerprint density at radius 2 is 1.83 bits per heavy atom. The van der Waals surface area contributed by atoms with Gasteiger partial charge in [-0.1, -0.05) is 28.9 Å². The van der Waals surface area contributed by atoms with Crippen molar-refractivity contribution >= 4 is 33.2 Å². The van der Waals surface area contributed by atoms with Crippen molar-refractivity contribution in [2.75, 3.05) is 24.9 Å². The number of hydrogen-bond acceptors (Lipinski definition) is 4. The third-order valence-electron chi connectivity index (χ3n) is 3.25. The first-order valence-electron chi connectivity index (χ1n) is 7.54. The zero-order chi connectivity index (χ0) is 17.9. The van der Waals surface area contributed by atoms with E-state index in [9.17, 15) is 4.79 Å². The maximum absolute atomic E-state index is 12.4. The van der Waals surface area contributed by atoms with E-state index >= 15 is 0 Å². The molecule has 0 aromatic heterocycles. The first kappa shape index (κ1) is 20.0. The van der Waals surface area contributed by atoms with Crippen molar-refractivity contribution in [2.45, 2.75) is 19.4 Å². The van der Waals surface area contributed by atoms with Crippen LogP contribution in [-0.4, -0.2) is 31.3 Å². The minimum absolute atomic E-state index is 0.0624. The number of carbonyl (C=O) groups excluding carboxylic acids is 1. The number of aliphatic hydroxyl groups is 1. The Bertz CT molecular complexity index is 632. The van der Waals surface area contributed by atoms with Gasteiger partial charge in [0.1, 0.15) is 11.8 Å². The molecule has 1 unspecified atom stereocenters. The van der Waals surface area contributed by atoms with Crippen LogP contribution < -0.4 is 15.4 Å². The van der Waals surface area contributed by atoms with Crippen LogP contribution in [0.2, 0.25) is 0 Å². The Morgan fingerprint density at radius 1 is 1.17 bits per heavy atom. The number of carbonyl (C=O) groups is 1. The summed E-state index contributed by atoms with van der Waals surface area (Å²) in [5.41, 5.74) is 1.64. The van der Waals surface area contributed by atoms with Gasteiger partial charge in [-0.2, -0.15) is 0 Å². The van der Waals surface area contributed by atoms with Gasteiger partial charge < -0.3 is 20.5 Å². The summed E-state index contributed by atoms with van der Waals surface area (Å²) < 4.78 is 6.17. The number of benzene rings is 2.